The van der Waals surface area contributed by atoms with E-state index in [1.165, 1.54) is 0 Å². The number of carbonyl (C=O) groups excluding carboxylic acids is 2. The van der Waals surface area contributed by atoms with Crippen LogP contribution in [0.5, 0.6) is 17.2 Å². The SMILES string of the molecule is Cc1cc(Cl)c(OCCOc2ccc(CC(CN)C(=O)N(Cc3cccc(OCCCCC(=O)[O-])c3Br)C3CC3)cc2)c(Cl)c1.[Na+]. The van der Waals surface area contributed by atoms with Gasteiger partial charge in [-0.05, 0) is 108 Å². The Kier molecular flexibility index (Phi) is 16.0. The second-order valence-corrected chi connectivity index (χ2v) is 12.7. The monoisotopic (exact) mass is 742 g/mol. The van der Waals surface area contributed by atoms with Crippen LogP contribution in [-0.2, 0) is 22.6 Å². The van der Waals surface area contributed by atoms with E-state index in [4.69, 9.17) is 43.1 Å². The van der Waals surface area contributed by atoms with Crippen LogP contribution < -0.4 is 54.6 Å². The largest absolute Gasteiger partial charge is 1.00 e. The minimum Gasteiger partial charge on any atom is -0.550 e. The van der Waals surface area contributed by atoms with Crippen molar-refractivity contribution >= 4 is 51.0 Å². The number of halogens is 3. The second kappa shape index (κ2) is 19.1. The van der Waals surface area contributed by atoms with Crippen molar-refractivity contribution in [3.63, 3.8) is 0 Å². The first kappa shape index (κ1) is 38.5. The van der Waals surface area contributed by atoms with Crippen molar-refractivity contribution in [3.8, 4) is 17.2 Å². The van der Waals surface area contributed by atoms with E-state index < -0.39 is 5.97 Å². The maximum atomic E-state index is 13.8. The molecule has 0 aliphatic heterocycles. The minimum atomic E-state index is -1.06. The molecule has 0 saturated heterocycles. The summed E-state index contributed by atoms with van der Waals surface area (Å²) in [5.41, 5.74) is 9.03. The fourth-order valence-electron chi connectivity index (χ4n) is 4.94. The first-order chi connectivity index (χ1) is 21.7. The average Bonchev–Trinajstić information content (AvgIpc) is 3.85. The van der Waals surface area contributed by atoms with Crippen LogP contribution in [0.1, 0.15) is 48.8 Å². The number of hydrogen-bond donors (Lipinski definition) is 1. The standard InChI is InChI=1S/C34H39BrCl2N2O6.Na/c1-22-17-28(36)33(29(37)18-22)45-16-15-43-27-12-8-23(9-13-27)19-25(20-38)34(42)39(26-10-11-26)21-24-5-4-6-30(32(24)35)44-14-3-2-7-31(40)41;/h4-6,8-9,12-13,17-18,25-26H,2-3,7,10-11,14-16,19-21,38H2,1H3,(H,40,41);/q;+1/p-1. The smallest absolute Gasteiger partial charge is 0.550 e. The molecule has 1 aliphatic carbocycles. The van der Waals surface area contributed by atoms with Crippen LogP contribution in [0, 0.1) is 12.8 Å². The molecule has 1 amide bonds. The first-order valence-electron chi connectivity index (χ1n) is 15.1. The number of hydrogen-bond acceptors (Lipinski definition) is 7. The molecular formula is C34H38BrCl2N2NaO6. The number of aliphatic carboxylic acids is 1. The van der Waals surface area contributed by atoms with Gasteiger partial charge in [0.25, 0.3) is 0 Å². The van der Waals surface area contributed by atoms with Gasteiger partial charge in [-0.25, -0.2) is 0 Å². The van der Waals surface area contributed by atoms with Gasteiger partial charge in [0.05, 0.1) is 27.0 Å². The van der Waals surface area contributed by atoms with Crippen molar-refractivity contribution in [1.29, 1.82) is 0 Å². The van der Waals surface area contributed by atoms with E-state index >= 15 is 0 Å². The number of rotatable bonds is 18. The zero-order valence-electron chi connectivity index (χ0n) is 26.2. The summed E-state index contributed by atoms with van der Waals surface area (Å²) in [5, 5.41) is 11.5. The van der Waals surface area contributed by atoms with E-state index in [0.717, 1.165) is 34.0 Å². The van der Waals surface area contributed by atoms with Gasteiger partial charge in [-0.15, -0.1) is 0 Å². The maximum absolute atomic E-state index is 13.8. The zero-order chi connectivity index (χ0) is 32.3. The molecule has 12 heteroatoms. The number of unbranched alkanes of at least 4 members (excludes halogenated alkanes) is 1. The Morgan fingerprint density at radius 1 is 1.00 bits per heavy atom. The molecule has 0 heterocycles. The molecule has 1 unspecified atom stereocenters. The van der Waals surface area contributed by atoms with Crippen LogP contribution in [0.4, 0.5) is 0 Å². The summed E-state index contributed by atoms with van der Waals surface area (Å²) in [6, 6.07) is 17.2. The number of nitrogens with zero attached hydrogens (tertiary/aromatic N) is 1. The van der Waals surface area contributed by atoms with E-state index in [1.54, 1.807) is 12.1 Å². The van der Waals surface area contributed by atoms with Crippen molar-refractivity contribution in [3.05, 3.63) is 85.8 Å². The Labute approximate surface area is 311 Å². The van der Waals surface area contributed by atoms with E-state index in [1.807, 2.05) is 54.3 Å². The van der Waals surface area contributed by atoms with Gasteiger partial charge in [0.1, 0.15) is 24.7 Å². The molecular weight excluding hydrogens is 706 g/mol. The van der Waals surface area contributed by atoms with Gasteiger partial charge in [0, 0.05) is 25.1 Å². The van der Waals surface area contributed by atoms with E-state index in [9.17, 15) is 14.7 Å². The molecule has 0 spiro atoms. The third-order valence-electron chi connectivity index (χ3n) is 7.47. The molecule has 3 aromatic carbocycles. The van der Waals surface area contributed by atoms with Crippen molar-refractivity contribution < 1.29 is 58.5 Å². The quantitative estimate of drug-likeness (QED) is 0.157. The number of nitrogens with two attached hydrogens (primary N) is 1. The van der Waals surface area contributed by atoms with Gasteiger partial charge in [0.15, 0.2) is 5.75 Å². The first-order valence-corrected chi connectivity index (χ1v) is 16.6. The Morgan fingerprint density at radius 3 is 2.30 bits per heavy atom. The van der Waals surface area contributed by atoms with E-state index in [2.05, 4.69) is 15.9 Å². The van der Waals surface area contributed by atoms with Gasteiger partial charge in [-0.3, -0.25) is 4.79 Å². The molecule has 2 N–H and O–H groups in total. The van der Waals surface area contributed by atoms with Crippen LogP contribution in [0.15, 0.2) is 59.1 Å². The zero-order valence-corrected chi connectivity index (χ0v) is 31.3. The molecule has 1 atom stereocenters. The average molecular weight is 744 g/mol. The van der Waals surface area contributed by atoms with E-state index in [0.29, 0.717) is 66.3 Å². The van der Waals surface area contributed by atoms with Crippen molar-refractivity contribution in [2.45, 2.75) is 58.0 Å². The summed E-state index contributed by atoms with van der Waals surface area (Å²) >= 11 is 16.1. The topological polar surface area (TPSA) is 114 Å². The van der Waals surface area contributed by atoms with Gasteiger partial charge in [0.2, 0.25) is 5.91 Å². The third kappa shape index (κ3) is 11.6. The predicted molar refractivity (Wildman–Crippen MR) is 177 cm³/mol. The number of carbonyl (C=O) groups is 2. The Morgan fingerprint density at radius 2 is 1.67 bits per heavy atom. The van der Waals surface area contributed by atoms with Crippen LogP contribution in [0.25, 0.3) is 0 Å². The number of amides is 1. The van der Waals surface area contributed by atoms with Crippen molar-refractivity contribution in [2.24, 2.45) is 11.7 Å². The Hall–Kier alpha value is -1.98. The summed E-state index contributed by atoms with van der Waals surface area (Å²) in [4.78, 5) is 26.3. The molecule has 8 nitrogen and oxygen atoms in total. The van der Waals surface area contributed by atoms with Gasteiger partial charge >= 0.3 is 29.6 Å². The van der Waals surface area contributed by atoms with Crippen LogP contribution in [0.3, 0.4) is 0 Å². The van der Waals surface area contributed by atoms with Gasteiger partial charge < -0.3 is 34.7 Å². The molecule has 0 bridgehead atoms. The molecule has 3 aromatic rings. The fourth-order valence-corrected chi connectivity index (χ4v) is 6.15. The summed E-state index contributed by atoms with van der Waals surface area (Å²) in [5.74, 6) is 0.402. The molecule has 242 valence electrons. The predicted octanol–water partition coefficient (Wildman–Crippen LogP) is 3.13. The summed E-state index contributed by atoms with van der Waals surface area (Å²) < 4.78 is 18.2. The van der Waals surface area contributed by atoms with E-state index in [-0.39, 0.29) is 67.0 Å². The van der Waals surface area contributed by atoms with Gasteiger partial charge in [-0.2, -0.15) is 0 Å². The molecule has 0 radical (unpaired) electrons. The van der Waals surface area contributed by atoms with Crippen molar-refractivity contribution in [2.75, 3.05) is 26.4 Å². The second-order valence-electron chi connectivity index (χ2n) is 11.1. The van der Waals surface area contributed by atoms with Crippen LogP contribution >= 0.6 is 39.1 Å². The molecule has 1 aliphatic rings. The molecule has 46 heavy (non-hydrogen) atoms. The fraction of sp³-hybridized carbons (Fsp3) is 0.412. The van der Waals surface area contributed by atoms with Crippen molar-refractivity contribution in [1.82, 2.24) is 4.90 Å². The third-order valence-corrected chi connectivity index (χ3v) is 8.93. The molecule has 1 saturated carbocycles. The number of carboxylic acids is 1. The van der Waals surface area contributed by atoms with Crippen LogP contribution in [0.2, 0.25) is 10.0 Å². The Balaban J connectivity index is 0.00000576. The van der Waals surface area contributed by atoms with Gasteiger partial charge in [-0.1, -0.05) is 47.5 Å². The molecule has 1 fully saturated rings. The molecule has 0 aromatic heterocycles. The number of benzene rings is 3. The molecule has 4 rings (SSSR count). The van der Waals surface area contributed by atoms with Crippen LogP contribution in [-0.4, -0.2) is 49.2 Å². The summed E-state index contributed by atoms with van der Waals surface area (Å²) in [6.07, 6.45) is 3.56. The normalized spacial score (nSPS) is 13.0. The Bertz CT molecular complexity index is 1440. The summed E-state index contributed by atoms with van der Waals surface area (Å²) in [7, 11) is 0. The minimum absolute atomic E-state index is 0. The maximum Gasteiger partial charge on any atom is 1.00 e. The number of carboxylic acid groups (broad SMARTS) is 1. The summed E-state index contributed by atoms with van der Waals surface area (Å²) in [6.45, 7) is 3.57. The number of aryl methyl sites for hydroxylation is 1. The number of ether oxygens (including phenoxy) is 3.